The third kappa shape index (κ3) is 3.54. The van der Waals surface area contributed by atoms with E-state index in [0.717, 1.165) is 24.9 Å². The predicted octanol–water partition coefficient (Wildman–Crippen LogP) is 1.42. The number of nitrogens with one attached hydrogen (secondary N) is 2. The minimum absolute atomic E-state index is 0.340. The van der Waals surface area contributed by atoms with Gasteiger partial charge in [-0.05, 0) is 44.9 Å². The van der Waals surface area contributed by atoms with Gasteiger partial charge in [-0.2, -0.15) is 0 Å². The molecule has 0 aromatic heterocycles. The highest BCUT2D eigenvalue weighted by molar-refractivity contribution is 7.89. The van der Waals surface area contributed by atoms with Crippen molar-refractivity contribution in [3.63, 3.8) is 0 Å². The SMILES string of the molecule is Cc1ccc(S(=O)(=O)NCC[C@@H]2CCCN2)cc1. The van der Waals surface area contributed by atoms with E-state index in [1.807, 2.05) is 19.1 Å². The minimum atomic E-state index is -3.35. The van der Waals surface area contributed by atoms with Crippen LogP contribution >= 0.6 is 0 Å². The van der Waals surface area contributed by atoms with Gasteiger partial charge in [-0.15, -0.1) is 0 Å². The summed E-state index contributed by atoms with van der Waals surface area (Å²) in [6.45, 7) is 3.48. The number of hydrogen-bond acceptors (Lipinski definition) is 3. The van der Waals surface area contributed by atoms with E-state index >= 15 is 0 Å². The molecule has 0 unspecified atom stereocenters. The molecule has 1 aliphatic rings. The van der Waals surface area contributed by atoms with Crippen LogP contribution in [-0.4, -0.2) is 27.5 Å². The summed E-state index contributed by atoms with van der Waals surface area (Å²) in [7, 11) is -3.35. The molecule has 2 rings (SSSR count). The second kappa shape index (κ2) is 5.82. The van der Waals surface area contributed by atoms with Crippen molar-refractivity contribution in [2.45, 2.75) is 37.1 Å². The summed E-state index contributed by atoms with van der Waals surface area (Å²) in [5, 5.41) is 3.36. The van der Waals surface area contributed by atoms with Crippen LogP contribution in [0.15, 0.2) is 29.2 Å². The molecule has 1 fully saturated rings. The lowest BCUT2D eigenvalue weighted by Gasteiger charge is -2.11. The third-order valence-electron chi connectivity index (χ3n) is 3.28. The van der Waals surface area contributed by atoms with Crippen LogP contribution in [0.1, 0.15) is 24.8 Å². The Morgan fingerprint density at radius 3 is 2.67 bits per heavy atom. The molecule has 1 aliphatic heterocycles. The molecule has 1 heterocycles. The molecule has 100 valence electrons. The summed E-state index contributed by atoms with van der Waals surface area (Å²) in [4.78, 5) is 0.340. The molecular formula is C13H20N2O2S. The van der Waals surface area contributed by atoms with Gasteiger partial charge >= 0.3 is 0 Å². The summed E-state index contributed by atoms with van der Waals surface area (Å²) in [5.74, 6) is 0. The summed E-state index contributed by atoms with van der Waals surface area (Å²) in [5.41, 5.74) is 1.06. The Morgan fingerprint density at radius 2 is 2.06 bits per heavy atom. The van der Waals surface area contributed by atoms with Crippen molar-refractivity contribution in [1.29, 1.82) is 0 Å². The van der Waals surface area contributed by atoms with E-state index in [1.165, 1.54) is 6.42 Å². The fourth-order valence-corrected chi connectivity index (χ4v) is 3.22. The molecule has 0 aliphatic carbocycles. The van der Waals surface area contributed by atoms with Gasteiger partial charge in [0.1, 0.15) is 0 Å². The smallest absolute Gasteiger partial charge is 0.240 e. The number of benzene rings is 1. The molecule has 1 aromatic carbocycles. The molecule has 5 heteroatoms. The molecule has 2 N–H and O–H groups in total. The molecule has 1 atom stereocenters. The highest BCUT2D eigenvalue weighted by Gasteiger charge is 2.16. The Labute approximate surface area is 109 Å². The van der Waals surface area contributed by atoms with E-state index in [1.54, 1.807) is 12.1 Å². The van der Waals surface area contributed by atoms with Crippen molar-refractivity contribution < 1.29 is 8.42 Å². The van der Waals surface area contributed by atoms with Crippen molar-refractivity contribution in [2.24, 2.45) is 0 Å². The zero-order valence-electron chi connectivity index (χ0n) is 10.6. The maximum absolute atomic E-state index is 12.0. The Morgan fingerprint density at radius 1 is 1.33 bits per heavy atom. The fourth-order valence-electron chi connectivity index (χ4n) is 2.17. The van der Waals surface area contributed by atoms with Gasteiger partial charge in [-0.3, -0.25) is 0 Å². The lowest BCUT2D eigenvalue weighted by Crippen LogP contribution is -2.30. The molecule has 0 saturated carbocycles. The van der Waals surface area contributed by atoms with Gasteiger partial charge in [0.25, 0.3) is 0 Å². The number of rotatable bonds is 5. The minimum Gasteiger partial charge on any atom is -0.314 e. The van der Waals surface area contributed by atoms with Crippen LogP contribution in [0, 0.1) is 6.92 Å². The van der Waals surface area contributed by atoms with E-state index in [0.29, 0.717) is 17.5 Å². The van der Waals surface area contributed by atoms with Crippen LogP contribution in [0.4, 0.5) is 0 Å². The average Bonchev–Trinajstić information content (AvgIpc) is 2.82. The molecule has 0 spiro atoms. The fraction of sp³-hybridized carbons (Fsp3) is 0.538. The summed E-state index contributed by atoms with van der Waals surface area (Å²) < 4.78 is 26.6. The van der Waals surface area contributed by atoms with Gasteiger partial charge in [0.2, 0.25) is 10.0 Å². The monoisotopic (exact) mass is 268 g/mol. The van der Waals surface area contributed by atoms with Crippen molar-refractivity contribution >= 4 is 10.0 Å². The van der Waals surface area contributed by atoms with Crippen molar-refractivity contribution in [3.8, 4) is 0 Å². The molecule has 1 saturated heterocycles. The van der Waals surface area contributed by atoms with Gasteiger partial charge in [0.15, 0.2) is 0 Å². The Kier molecular flexibility index (Phi) is 4.37. The highest BCUT2D eigenvalue weighted by Crippen LogP contribution is 2.11. The van der Waals surface area contributed by atoms with Gasteiger partial charge in [-0.1, -0.05) is 17.7 Å². The van der Waals surface area contributed by atoms with Crippen LogP contribution in [0.25, 0.3) is 0 Å². The van der Waals surface area contributed by atoms with E-state index in [2.05, 4.69) is 10.0 Å². The number of hydrogen-bond donors (Lipinski definition) is 2. The van der Waals surface area contributed by atoms with Crippen molar-refractivity contribution in [1.82, 2.24) is 10.0 Å². The molecule has 0 amide bonds. The second-order valence-electron chi connectivity index (χ2n) is 4.79. The Bertz CT molecular complexity index is 476. The predicted molar refractivity (Wildman–Crippen MR) is 72.0 cm³/mol. The standard InChI is InChI=1S/C13H20N2O2S/c1-11-4-6-13(7-5-11)18(16,17)15-10-8-12-3-2-9-14-12/h4-7,12,14-15H,2-3,8-10H2,1H3/t12-/m0/s1. The lowest BCUT2D eigenvalue weighted by molar-refractivity contribution is 0.539. The molecule has 0 radical (unpaired) electrons. The molecular weight excluding hydrogens is 248 g/mol. The molecule has 18 heavy (non-hydrogen) atoms. The maximum atomic E-state index is 12.0. The first kappa shape index (κ1) is 13.5. The number of aryl methyl sites for hydroxylation is 1. The largest absolute Gasteiger partial charge is 0.314 e. The summed E-state index contributed by atoms with van der Waals surface area (Å²) >= 11 is 0. The normalized spacial score (nSPS) is 20.2. The van der Waals surface area contributed by atoms with Gasteiger partial charge in [-0.25, -0.2) is 13.1 Å². The zero-order valence-corrected chi connectivity index (χ0v) is 11.5. The first-order valence-electron chi connectivity index (χ1n) is 6.38. The van der Waals surface area contributed by atoms with Crippen LogP contribution in [0.3, 0.4) is 0 Å². The Hall–Kier alpha value is -0.910. The van der Waals surface area contributed by atoms with Crippen molar-refractivity contribution in [2.75, 3.05) is 13.1 Å². The molecule has 1 aromatic rings. The third-order valence-corrected chi connectivity index (χ3v) is 4.76. The van der Waals surface area contributed by atoms with E-state index in [-0.39, 0.29) is 0 Å². The van der Waals surface area contributed by atoms with Gasteiger partial charge < -0.3 is 5.32 Å². The van der Waals surface area contributed by atoms with Gasteiger partial charge in [0.05, 0.1) is 4.90 Å². The zero-order chi connectivity index (χ0) is 13.0. The molecule has 0 bridgehead atoms. The van der Waals surface area contributed by atoms with Crippen LogP contribution < -0.4 is 10.0 Å². The first-order chi connectivity index (χ1) is 8.58. The van der Waals surface area contributed by atoms with Crippen molar-refractivity contribution in [3.05, 3.63) is 29.8 Å². The number of sulfonamides is 1. The van der Waals surface area contributed by atoms with E-state index in [9.17, 15) is 8.42 Å². The quantitative estimate of drug-likeness (QED) is 0.849. The van der Waals surface area contributed by atoms with E-state index < -0.39 is 10.0 Å². The van der Waals surface area contributed by atoms with Crippen LogP contribution in [0.5, 0.6) is 0 Å². The summed E-state index contributed by atoms with van der Waals surface area (Å²) in [6, 6.07) is 7.38. The molecule has 4 nitrogen and oxygen atoms in total. The first-order valence-corrected chi connectivity index (χ1v) is 7.86. The maximum Gasteiger partial charge on any atom is 0.240 e. The summed E-state index contributed by atoms with van der Waals surface area (Å²) in [6.07, 6.45) is 3.19. The van der Waals surface area contributed by atoms with Gasteiger partial charge in [0, 0.05) is 12.6 Å². The lowest BCUT2D eigenvalue weighted by atomic mass is 10.2. The average molecular weight is 268 g/mol. The topological polar surface area (TPSA) is 58.2 Å². The Balaban J connectivity index is 1.88. The van der Waals surface area contributed by atoms with E-state index in [4.69, 9.17) is 0 Å². The van der Waals surface area contributed by atoms with Crippen LogP contribution in [0.2, 0.25) is 0 Å². The highest BCUT2D eigenvalue weighted by atomic mass is 32.2. The van der Waals surface area contributed by atoms with Crippen LogP contribution in [-0.2, 0) is 10.0 Å². The second-order valence-corrected chi connectivity index (χ2v) is 6.56.